The number of rotatable bonds is 7. The van der Waals surface area contributed by atoms with Crippen molar-refractivity contribution in [1.82, 2.24) is 0 Å². The Morgan fingerprint density at radius 3 is 2.73 bits per heavy atom. The van der Waals surface area contributed by atoms with Crippen LogP contribution in [-0.2, 0) is 9.59 Å². The topological polar surface area (TPSA) is 34.1 Å². The molecular formula is C9H13O2. The predicted molar refractivity (Wildman–Crippen MR) is 44.0 cm³/mol. The van der Waals surface area contributed by atoms with Crippen molar-refractivity contribution in [3.63, 3.8) is 0 Å². The van der Waals surface area contributed by atoms with Crippen molar-refractivity contribution in [3.05, 3.63) is 12.7 Å². The van der Waals surface area contributed by atoms with Gasteiger partial charge in [0.05, 0.1) is 6.42 Å². The second-order valence-electron chi connectivity index (χ2n) is 2.39. The zero-order chi connectivity index (χ0) is 8.53. The Morgan fingerprint density at radius 1 is 1.45 bits per heavy atom. The molecule has 0 aliphatic heterocycles. The van der Waals surface area contributed by atoms with Crippen molar-refractivity contribution in [2.75, 3.05) is 0 Å². The molecule has 0 aliphatic carbocycles. The average Bonchev–Trinajstić information content (AvgIpc) is 1.99. The Hall–Kier alpha value is -0.920. The Kier molecular flexibility index (Phi) is 6.59. The highest BCUT2D eigenvalue weighted by molar-refractivity contribution is 5.89. The molecule has 0 fully saturated rings. The van der Waals surface area contributed by atoms with Crippen LogP contribution in [0, 0.1) is 0 Å². The summed E-state index contributed by atoms with van der Waals surface area (Å²) in [5.41, 5.74) is 0. The molecule has 0 saturated heterocycles. The van der Waals surface area contributed by atoms with Gasteiger partial charge in [0.1, 0.15) is 5.78 Å². The third-order valence-electron chi connectivity index (χ3n) is 1.38. The lowest BCUT2D eigenvalue weighted by atomic mass is 10.1. The van der Waals surface area contributed by atoms with Crippen molar-refractivity contribution in [1.29, 1.82) is 0 Å². The molecular weight excluding hydrogens is 140 g/mol. The van der Waals surface area contributed by atoms with E-state index in [1.807, 2.05) is 6.08 Å². The highest BCUT2D eigenvalue weighted by atomic mass is 16.1. The van der Waals surface area contributed by atoms with E-state index in [-0.39, 0.29) is 12.2 Å². The maximum absolute atomic E-state index is 10.7. The number of carbonyl (C=O) groups is 1. The summed E-state index contributed by atoms with van der Waals surface area (Å²) >= 11 is 0. The van der Waals surface area contributed by atoms with Crippen LogP contribution < -0.4 is 0 Å². The number of carbonyl (C=O) groups excluding carboxylic acids is 2. The molecule has 2 nitrogen and oxygen atoms in total. The second-order valence-corrected chi connectivity index (χ2v) is 2.39. The summed E-state index contributed by atoms with van der Waals surface area (Å²) in [5.74, 6) is -0.0101. The summed E-state index contributed by atoms with van der Waals surface area (Å²) in [4.78, 5) is 20.5. The normalized spacial score (nSPS) is 9.09. The molecule has 0 spiro atoms. The molecule has 0 atom stereocenters. The van der Waals surface area contributed by atoms with Crippen LogP contribution in [0.25, 0.3) is 0 Å². The second kappa shape index (κ2) is 7.19. The lowest BCUT2D eigenvalue weighted by Crippen LogP contribution is -1.97. The fraction of sp³-hybridized carbons (Fsp3) is 0.556. The number of ketones is 1. The predicted octanol–water partition coefficient (Wildman–Crippen LogP) is 1.80. The van der Waals surface area contributed by atoms with Gasteiger partial charge in [-0.25, -0.2) is 0 Å². The molecule has 61 valence electrons. The van der Waals surface area contributed by atoms with Crippen molar-refractivity contribution >= 4 is 12.1 Å². The minimum atomic E-state index is -0.0475. The summed E-state index contributed by atoms with van der Waals surface area (Å²) in [6.07, 6.45) is 6.65. The summed E-state index contributed by atoms with van der Waals surface area (Å²) < 4.78 is 0. The van der Waals surface area contributed by atoms with E-state index in [2.05, 4.69) is 6.58 Å². The third-order valence-corrected chi connectivity index (χ3v) is 1.38. The summed E-state index contributed by atoms with van der Waals surface area (Å²) in [5, 5.41) is 0. The number of hydrogen-bond donors (Lipinski definition) is 0. The van der Waals surface area contributed by atoms with Crippen LogP contribution in [0.3, 0.4) is 0 Å². The largest absolute Gasteiger partial charge is 0.299 e. The summed E-state index contributed by atoms with van der Waals surface area (Å²) in [6.45, 7) is 3.57. The Labute approximate surface area is 67.3 Å². The van der Waals surface area contributed by atoms with Crippen LogP contribution in [0.15, 0.2) is 12.7 Å². The number of hydrogen-bond acceptors (Lipinski definition) is 2. The van der Waals surface area contributed by atoms with E-state index >= 15 is 0 Å². The lowest BCUT2D eigenvalue weighted by molar-refractivity contribution is -0.118. The van der Waals surface area contributed by atoms with Crippen LogP contribution in [-0.4, -0.2) is 12.1 Å². The van der Waals surface area contributed by atoms with E-state index in [1.165, 1.54) is 0 Å². The SMILES string of the molecule is C=CCCCCC(=O)C[C]=O. The van der Waals surface area contributed by atoms with Gasteiger partial charge in [0.2, 0.25) is 6.29 Å². The monoisotopic (exact) mass is 153 g/mol. The Balaban J connectivity index is 3.16. The molecule has 0 heterocycles. The molecule has 0 aromatic heterocycles. The van der Waals surface area contributed by atoms with Gasteiger partial charge in [-0.2, -0.15) is 0 Å². The molecule has 11 heavy (non-hydrogen) atoms. The maximum atomic E-state index is 10.7. The number of unbranched alkanes of at least 4 members (excludes halogenated alkanes) is 2. The minimum absolute atomic E-state index is 0.0101. The first-order valence-corrected chi connectivity index (χ1v) is 3.79. The van der Waals surface area contributed by atoms with Crippen LogP contribution >= 0.6 is 0 Å². The molecule has 1 radical (unpaired) electrons. The van der Waals surface area contributed by atoms with E-state index < -0.39 is 0 Å². The van der Waals surface area contributed by atoms with Gasteiger partial charge in [-0.3, -0.25) is 9.59 Å². The van der Waals surface area contributed by atoms with Gasteiger partial charge >= 0.3 is 0 Å². The molecule has 0 aromatic carbocycles. The van der Waals surface area contributed by atoms with Gasteiger partial charge in [0.25, 0.3) is 0 Å². The zero-order valence-corrected chi connectivity index (χ0v) is 6.64. The molecule has 2 heteroatoms. The molecule has 0 unspecified atom stereocenters. The summed E-state index contributed by atoms with van der Waals surface area (Å²) in [6, 6.07) is 0. The molecule has 0 bridgehead atoms. The lowest BCUT2D eigenvalue weighted by Gasteiger charge is -1.93. The molecule has 0 rings (SSSR count). The third kappa shape index (κ3) is 6.97. The molecule has 0 aliphatic rings. The van der Waals surface area contributed by atoms with Gasteiger partial charge in [0, 0.05) is 6.42 Å². The van der Waals surface area contributed by atoms with Gasteiger partial charge in [-0.15, -0.1) is 6.58 Å². The first kappa shape index (κ1) is 10.1. The fourth-order valence-corrected chi connectivity index (χ4v) is 0.780. The van der Waals surface area contributed by atoms with Gasteiger partial charge < -0.3 is 0 Å². The van der Waals surface area contributed by atoms with Crippen LogP contribution in [0.5, 0.6) is 0 Å². The maximum Gasteiger partial charge on any atom is 0.206 e. The minimum Gasteiger partial charge on any atom is -0.299 e. The molecule has 0 amide bonds. The summed E-state index contributed by atoms with van der Waals surface area (Å²) in [7, 11) is 0. The zero-order valence-electron chi connectivity index (χ0n) is 6.64. The number of allylic oxidation sites excluding steroid dienone is 1. The average molecular weight is 153 g/mol. The van der Waals surface area contributed by atoms with Gasteiger partial charge in [0.15, 0.2) is 0 Å². The number of Topliss-reactive ketones (excluding diaryl/α,β-unsaturated/α-hetero) is 1. The Morgan fingerprint density at radius 2 is 2.18 bits per heavy atom. The highest BCUT2D eigenvalue weighted by Gasteiger charge is 1.99. The quantitative estimate of drug-likeness (QED) is 0.317. The molecule has 0 aromatic rings. The van der Waals surface area contributed by atoms with E-state index in [0.717, 1.165) is 19.3 Å². The van der Waals surface area contributed by atoms with Crippen molar-refractivity contribution in [2.24, 2.45) is 0 Å². The van der Waals surface area contributed by atoms with Crippen molar-refractivity contribution in [3.8, 4) is 0 Å². The first-order chi connectivity index (χ1) is 5.31. The highest BCUT2D eigenvalue weighted by Crippen LogP contribution is 2.01. The van der Waals surface area contributed by atoms with Crippen LogP contribution in [0.2, 0.25) is 0 Å². The van der Waals surface area contributed by atoms with E-state index in [0.29, 0.717) is 6.42 Å². The van der Waals surface area contributed by atoms with Gasteiger partial charge in [-0.05, 0) is 19.3 Å². The van der Waals surface area contributed by atoms with Gasteiger partial charge in [-0.1, -0.05) is 6.08 Å². The molecule has 0 N–H and O–H groups in total. The van der Waals surface area contributed by atoms with Crippen LogP contribution in [0.4, 0.5) is 0 Å². The van der Waals surface area contributed by atoms with Crippen molar-refractivity contribution < 1.29 is 9.59 Å². The van der Waals surface area contributed by atoms with E-state index in [4.69, 9.17) is 0 Å². The fourth-order valence-electron chi connectivity index (χ4n) is 0.780. The standard InChI is InChI=1S/C9H13O2/c1-2-3-4-5-6-9(11)7-8-10/h2H,1,3-7H2. The Bertz CT molecular complexity index is 138. The van der Waals surface area contributed by atoms with Crippen molar-refractivity contribution in [2.45, 2.75) is 32.1 Å². The van der Waals surface area contributed by atoms with E-state index in [9.17, 15) is 9.59 Å². The molecule has 0 saturated carbocycles. The smallest absolute Gasteiger partial charge is 0.206 e. The first-order valence-electron chi connectivity index (χ1n) is 3.79. The van der Waals surface area contributed by atoms with Crippen LogP contribution in [0.1, 0.15) is 32.1 Å². The van der Waals surface area contributed by atoms with E-state index in [1.54, 1.807) is 6.29 Å².